The summed E-state index contributed by atoms with van der Waals surface area (Å²) in [4.78, 5) is 12.0. The van der Waals surface area contributed by atoms with E-state index in [0.29, 0.717) is 5.69 Å². The molecule has 0 spiro atoms. The Hall–Kier alpha value is -1.62. The molecule has 1 aliphatic carbocycles. The molecular weight excluding hydrogens is 283 g/mol. The van der Waals surface area contributed by atoms with Crippen molar-refractivity contribution in [3.63, 3.8) is 0 Å². The van der Waals surface area contributed by atoms with E-state index in [9.17, 15) is 9.18 Å². The van der Waals surface area contributed by atoms with Crippen molar-refractivity contribution in [1.82, 2.24) is 0 Å². The number of nitrogens with two attached hydrogens (primary N) is 1. The van der Waals surface area contributed by atoms with Crippen LogP contribution in [-0.2, 0) is 4.79 Å². The maximum Gasteiger partial charge on any atom is 0.241 e. The minimum absolute atomic E-state index is 0.101. The van der Waals surface area contributed by atoms with Gasteiger partial charge in [0.2, 0.25) is 5.91 Å². The molecular formula is C17H25FN2O2. The number of nitrogens with one attached hydrogen (secondary N) is 1. The van der Waals surface area contributed by atoms with Gasteiger partial charge in [-0.05, 0) is 43.2 Å². The van der Waals surface area contributed by atoms with E-state index in [1.54, 1.807) is 12.1 Å². The molecule has 22 heavy (non-hydrogen) atoms. The number of carbonyl (C=O) groups excluding carboxylic acids is 1. The Bertz CT molecular complexity index is 534. The van der Waals surface area contributed by atoms with Gasteiger partial charge in [-0.3, -0.25) is 4.79 Å². The molecule has 122 valence electrons. The Morgan fingerprint density at radius 3 is 2.55 bits per heavy atom. The molecule has 0 saturated heterocycles. The zero-order valence-corrected chi connectivity index (χ0v) is 13.5. The van der Waals surface area contributed by atoms with E-state index < -0.39 is 11.9 Å². The van der Waals surface area contributed by atoms with Crippen molar-refractivity contribution in [1.29, 1.82) is 0 Å². The number of anilines is 1. The van der Waals surface area contributed by atoms with Gasteiger partial charge in [0.25, 0.3) is 0 Å². The third-order valence-corrected chi connectivity index (χ3v) is 4.01. The second-order valence-corrected chi connectivity index (χ2v) is 7.00. The molecule has 1 amide bonds. The summed E-state index contributed by atoms with van der Waals surface area (Å²) in [5.74, 6) is -0.546. The van der Waals surface area contributed by atoms with Crippen LogP contribution in [0, 0.1) is 11.2 Å². The van der Waals surface area contributed by atoms with Crippen LogP contribution in [0.4, 0.5) is 10.1 Å². The summed E-state index contributed by atoms with van der Waals surface area (Å²) in [6, 6.07) is 3.81. The first-order valence-electron chi connectivity index (χ1n) is 7.80. The number of amides is 1. The molecule has 0 aliphatic heterocycles. The molecule has 1 aromatic rings. The summed E-state index contributed by atoms with van der Waals surface area (Å²) >= 11 is 0. The highest BCUT2D eigenvalue weighted by Gasteiger charge is 2.27. The molecule has 1 atom stereocenters. The monoisotopic (exact) mass is 308 g/mol. The van der Waals surface area contributed by atoms with Crippen molar-refractivity contribution in [3.8, 4) is 5.75 Å². The summed E-state index contributed by atoms with van der Waals surface area (Å²) in [5, 5.41) is 2.65. The summed E-state index contributed by atoms with van der Waals surface area (Å²) in [7, 11) is 0. The lowest BCUT2D eigenvalue weighted by Gasteiger charge is -2.25. The van der Waals surface area contributed by atoms with Gasteiger partial charge in [-0.25, -0.2) is 4.39 Å². The predicted octanol–water partition coefficient (Wildman–Crippen LogP) is 3.46. The van der Waals surface area contributed by atoms with Gasteiger partial charge in [-0.15, -0.1) is 0 Å². The molecule has 1 fully saturated rings. The first kappa shape index (κ1) is 16.7. The van der Waals surface area contributed by atoms with E-state index in [2.05, 4.69) is 5.32 Å². The maximum absolute atomic E-state index is 14.1. The van der Waals surface area contributed by atoms with Gasteiger partial charge in [-0.2, -0.15) is 0 Å². The Morgan fingerprint density at radius 1 is 1.36 bits per heavy atom. The summed E-state index contributed by atoms with van der Waals surface area (Å²) in [6.07, 6.45) is 4.30. The van der Waals surface area contributed by atoms with Gasteiger partial charge in [0.15, 0.2) is 11.6 Å². The molecule has 0 bridgehead atoms. The fourth-order valence-corrected chi connectivity index (χ4v) is 2.47. The molecule has 1 aliphatic rings. The van der Waals surface area contributed by atoms with Gasteiger partial charge in [0, 0.05) is 11.8 Å². The summed E-state index contributed by atoms with van der Waals surface area (Å²) < 4.78 is 19.7. The molecule has 1 saturated carbocycles. The number of halogens is 1. The van der Waals surface area contributed by atoms with Crippen molar-refractivity contribution in [2.75, 3.05) is 5.32 Å². The van der Waals surface area contributed by atoms with Gasteiger partial charge in [-0.1, -0.05) is 20.8 Å². The highest BCUT2D eigenvalue weighted by Crippen LogP contribution is 2.28. The quantitative estimate of drug-likeness (QED) is 0.895. The lowest BCUT2D eigenvalue weighted by atomic mass is 9.87. The van der Waals surface area contributed by atoms with Crippen LogP contribution in [0.2, 0.25) is 0 Å². The van der Waals surface area contributed by atoms with Gasteiger partial charge >= 0.3 is 0 Å². The van der Waals surface area contributed by atoms with E-state index in [1.165, 1.54) is 6.07 Å². The summed E-state index contributed by atoms with van der Waals surface area (Å²) in [5.41, 5.74) is 5.93. The average molecular weight is 308 g/mol. The zero-order chi connectivity index (χ0) is 16.3. The van der Waals surface area contributed by atoms with E-state index in [0.717, 1.165) is 25.7 Å². The zero-order valence-electron chi connectivity index (χ0n) is 13.5. The number of benzene rings is 1. The second kappa shape index (κ2) is 6.65. The molecule has 3 N–H and O–H groups in total. The molecule has 5 heteroatoms. The first-order valence-corrected chi connectivity index (χ1v) is 7.80. The number of carbonyl (C=O) groups is 1. The molecule has 0 heterocycles. The fourth-order valence-electron chi connectivity index (χ4n) is 2.47. The smallest absolute Gasteiger partial charge is 0.241 e. The number of hydrogen-bond acceptors (Lipinski definition) is 3. The van der Waals surface area contributed by atoms with Crippen molar-refractivity contribution < 1.29 is 13.9 Å². The van der Waals surface area contributed by atoms with Crippen LogP contribution in [0.5, 0.6) is 5.75 Å². The van der Waals surface area contributed by atoms with Crippen molar-refractivity contribution in [2.45, 2.75) is 58.6 Å². The number of hydrogen-bond donors (Lipinski definition) is 2. The van der Waals surface area contributed by atoms with E-state index >= 15 is 0 Å². The lowest BCUT2D eigenvalue weighted by Crippen LogP contribution is -2.45. The van der Waals surface area contributed by atoms with Gasteiger partial charge in [0.1, 0.15) is 0 Å². The highest BCUT2D eigenvalue weighted by molar-refractivity contribution is 5.95. The van der Waals surface area contributed by atoms with Crippen LogP contribution in [0.3, 0.4) is 0 Å². The third kappa shape index (κ3) is 4.19. The maximum atomic E-state index is 14.1. The van der Waals surface area contributed by atoms with Crippen LogP contribution < -0.4 is 15.8 Å². The van der Waals surface area contributed by atoms with Gasteiger partial charge < -0.3 is 15.8 Å². The van der Waals surface area contributed by atoms with Crippen LogP contribution in [0.15, 0.2) is 18.2 Å². The fraction of sp³-hybridized carbons (Fsp3) is 0.588. The molecule has 0 unspecified atom stereocenters. The summed E-state index contributed by atoms with van der Waals surface area (Å²) in [6.45, 7) is 5.66. The molecule has 0 radical (unpaired) electrons. The van der Waals surface area contributed by atoms with E-state index in [4.69, 9.17) is 10.5 Å². The average Bonchev–Trinajstić information content (AvgIpc) is 2.93. The Balaban J connectivity index is 2.01. The highest BCUT2D eigenvalue weighted by atomic mass is 19.1. The van der Waals surface area contributed by atoms with Gasteiger partial charge in [0.05, 0.1) is 12.1 Å². The molecule has 1 aromatic carbocycles. The van der Waals surface area contributed by atoms with Crippen molar-refractivity contribution >= 4 is 11.6 Å². The van der Waals surface area contributed by atoms with Crippen molar-refractivity contribution in [3.05, 3.63) is 24.0 Å². The lowest BCUT2D eigenvalue weighted by molar-refractivity contribution is -0.119. The standard InChI is InChI=1S/C17H25FN2O2/c1-17(2,3)15(19)16(21)20-11-8-9-14(13(18)10-11)22-12-6-4-5-7-12/h8-10,12,15H,4-7,19H2,1-3H3,(H,20,21)/t15-/m1/s1. The predicted molar refractivity (Wildman–Crippen MR) is 85.3 cm³/mol. The SMILES string of the molecule is CC(C)(C)[C@H](N)C(=O)Nc1ccc(OC2CCCC2)c(F)c1. The van der Waals surface area contributed by atoms with Crippen LogP contribution >= 0.6 is 0 Å². The Kier molecular flexibility index (Phi) is 5.06. The van der Waals surface area contributed by atoms with E-state index in [-0.39, 0.29) is 23.2 Å². The number of rotatable bonds is 4. The molecule has 4 nitrogen and oxygen atoms in total. The third-order valence-electron chi connectivity index (χ3n) is 4.01. The molecule has 0 aromatic heterocycles. The normalized spacial score (nSPS) is 17.3. The molecule has 2 rings (SSSR count). The van der Waals surface area contributed by atoms with Crippen molar-refractivity contribution in [2.24, 2.45) is 11.1 Å². The Morgan fingerprint density at radius 2 is 2.00 bits per heavy atom. The number of ether oxygens (including phenoxy) is 1. The first-order chi connectivity index (χ1) is 10.3. The van der Waals surface area contributed by atoms with Crippen LogP contribution in [0.25, 0.3) is 0 Å². The Labute approximate surface area is 131 Å². The van der Waals surface area contributed by atoms with Crippen LogP contribution in [0.1, 0.15) is 46.5 Å². The second-order valence-electron chi connectivity index (χ2n) is 7.00. The van der Waals surface area contributed by atoms with Crippen LogP contribution in [-0.4, -0.2) is 18.1 Å². The van der Waals surface area contributed by atoms with E-state index in [1.807, 2.05) is 20.8 Å². The minimum atomic E-state index is -0.662. The topological polar surface area (TPSA) is 64.4 Å². The largest absolute Gasteiger partial charge is 0.487 e. The minimum Gasteiger partial charge on any atom is -0.487 e.